The van der Waals surface area contributed by atoms with Crippen molar-refractivity contribution in [1.82, 2.24) is 15.1 Å². The summed E-state index contributed by atoms with van der Waals surface area (Å²) in [6.45, 7) is 3.82. The second-order valence-electron chi connectivity index (χ2n) is 5.12. The molecular formula is C16H21N3O4. The molecule has 7 heteroatoms. The topological polar surface area (TPSA) is 79.0 Å². The molecule has 0 unspecified atom stereocenters. The van der Waals surface area contributed by atoms with Gasteiger partial charge in [0.25, 0.3) is 5.91 Å². The van der Waals surface area contributed by atoms with Crippen molar-refractivity contribution in [2.75, 3.05) is 39.3 Å². The van der Waals surface area contributed by atoms with Crippen LogP contribution in [0.2, 0.25) is 0 Å². The molecule has 1 N–H and O–H groups in total. The van der Waals surface area contributed by atoms with E-state index in [9.17, 15) is 14.4 Å². The van der Waals surface area contributed by atoms with E-state index >= 15 is 0 Å². The van der Waals surface area contributed by atoms with Crippen LogP contribution in [0.1, 0.15) is 17.3 Å². The summed E-state index contributed by atoms with van der Waals surface area (Å²) in [4.78, 5) is 38.8. The maximum Gasteiger partial charge on any atom is 0.409 e. The van der Waals surface area contributed by atoms with Crippen molar-refractivity contribution in [3.8, 4) is 0 Å². The summed E-state index contributed by atoms with van der Waals surface area (Å²) < 4.78 is 4.93. The Bertz CT molecular complexity index is 554. The van der Waals surface area contributed by atoms with Crippen molar-refractivity contribution in [2.24, 2.45) is 0 Å². The van der Waals surface area contributed by atoms with Gasteiger partial charge in [-0.2, -0.15) is 0 Å². The Labute approximate surface area is 135 Å². The summed E-state index contributed by atoms with van der Waals surface area (Å²) in [5.74, 6) is -0.429. The first-order chi connectivity index (χ1) is 11.1. The molecule has 1 saturated heterocycles. The minimum Gasteiger partial charge on any atom is -0.450 e. The van der Waals surface area contributed by atoms with Gasteiger partial charge in [0.05, 0.1) is 13.2 Å². The highest BCUT2D eigenvalue weighted by Gasteiger charge is 2.24. The lowest BCUT2D eigenvalue weighted by Crippen LogP contribution is -2.52. The molecule has 0 atom stereocenters. The predicted octanol–water partition coefficient (Wildman–Crippen LogP) is 0.717. The third-order valence-corrected chi connectivity index (χ3v) is 3.59. The van der Waals surface area contributed by atoms with Crippen LogP contribution >= 0.6 is 0 Å². The zero-order valence-electron chi connectivity index (χ0n) is 13.2. The number of nitrogens with zero attached hydrogens (tertiary/aromatic N) is 2. The van der Waals surface area contributed by atoms with Crippen LogP contribution < -0.4 is 5.32 Å². The Morgan fingerprint density at radius 1 is 1.04 bits per heavy atom. The van der Waals surface area contributed by atoms with Gasteiger partial charge in [0.15, 0.2) is 0 Å². The van der Waals surface area contributed by atoms with Gasteiger partial charge < -0.3 is 19.9 Å². The highest BCUT2D eigenvalue weighted by molar-refractivity contribution is 5.96. The average Bonchev–Trinajstić information content (AvgIpc) is 2.60. The van der Waals surface area contributed by atoms with Crippen molar-refractivity contribution >= 4 is 17.9 Å². The molecule has 1 aliphatic heterocycles. The van der Waals surface area contributed by atoms with Gasteiger partial charge in [0.1, 0.15) is 0 Å². The zero-order chi connectivity index (χ0) is 16.7. The van der Waals surface area contributed by atoms with Crippen LogP contribution in [0, 0.1) is 0 Å². The molecule has 0 spiro atoms. The molecule has 0 aromatic heterocycles. The highest BCUT2D eigenvalue weighted by Crippen LogP contribution is 2.04. The van der Waals surface area contributed by atoms with E-state index in [2.05, 4.69) is 5.32 Å². The van der Waals surface area contributed by atoms with E-state index in [0.717, 1.165) is 0 Å². The molecule has 1 aromatic carbocycles. The molecule has 1 fully saturated rings. The van der Waals surface area contributed by atoms with Gasteiger partial charge in [0.2, 0.25) is 5.91 Å². The Morgan fingerprint density at radius 2 is 1.65 bits per heavy atom. The number of hydrogen-bond donors (Lipinski definition) is 1. The van der Waals surface area contributed by atoms with Crippen LogP contribution in [0.5, 0.6) is 0 Å². The smallest absolute Gasteiger partial charge is 0.409 e. The lowest BCUT2D eigenvalue weighted by Gasteiger charge is -2.34. The molecular weight excluding hydrogens is 298 g/mol. The van der Waals surface area contributed by atoms with Gasteiger partial charge in [0, 0.05) is 31.7 Å². The number of carbonyl (C=O) groups is 3. The fourth-order valence-electron chi connectivity index (χ4n) is 2.31. The number of rotatable bonds is 4. The Morgan fingerprint density at radius 3 is 2.26 bits per heavy atom. The Balaban J connectivity index is 1.75. The number of hydrogen-bond acceptors (Lipinski definition) is 4. The van der Waals surface area contributed by atoms with Crippen LogP contribution in [-0.4, -0.2) is 67.0 Å². The number of carbonyl (C=O) groups excluding carboxylic acids is 3. The van der Waals surface area contributed by atoms with E-state index in [-0.39, 0.29) is 24.5 Å². The summed E-state index contributed by atoms with van der Waals surface area (Å²) in [6, 6.07) is 8.75. The molecule has 0 radical (unpaired) electrons. The number of piperazine rings is 1. The van der Waals surface area contributed by atoms with Gasteiger partial charge in [-0.3, -0.25) is 9.59 Å². The fraction of sp³-hybridized carbons (Fsp3) is 0.438. The Hall–Kier alpha value is -2.57. The van der Waals surface area contributed by atoms with Crippen molar-refractivity contribution < 1.29 is 19.1 Å². The molecule has 124 valence electrons. The second kappa shape index (κ2) is 8.17. The average molecular weight is 319 g/mol. The molecule has 1 aromatic rings. The summed E-state index contributed by atoms with van der Waals surface area (Å²) in [5.41, 5.74) is 0.521. The van der Waals surface area contributed by atoms with Crippen LogP contribution in [-0.2, 0) is 9.53 Å². The Kier molecular flexibility index (Phi) is 5.96. The molecule has 1 heterocycles. The van der Waals surface area contributed by atoms with Crippen molar-refractivity contribution in [3.63, 3.8) is 0 Å². The molecule has 2 rings (SSSR count). The van der Waals surface area contributed by atoms with Gasteiger partial charge in [-0.1, -0.05) is 18.2 Å². The summed E-state index contributed by atoms with van der Waals surface area (Å²) >= 11 is 0. The monoisotopic (exact) mass is 319 g/mol. The van der Waals surface area contributed by atoms with Crippen LogP contribution in [0.15, 0.2) is 30.3 Å². The SMILES string of the molecule is CCOC(=O)N1CCN(C(=O)CNC(=O)c2ccccc2)CC1. The van der Waals surface area contributed by atoms with E-state index < -0.39 is 0 Å². The third kappa shape index (κ3) is 4.70. The van der Waals surface area contributed by atoms with Crippen LogP contribution in [0.25, 0.3) is 0 Å². The fourth-order valence-corrected chi connectivity index (χ4v) is 2.31. The van der Waals surface area contributed by atoms with E-state index in [1.165, 1.54) is 0 Å². The van der Waals surface area contributed by atoms with E-state index in [1.807, 2.05) is 6.07 Å². The number of amides is 3. The number of ether oxygens (including phenoxy) is 1. The lowest BCUT2D eigenvalue weighted by atomic mass is 10.2. The van der Waals surface area contributed by atoms with Gasteiger partial charge in [-0.05, 0) is 19.1 Å². The van der Waals surface area contributed by atoms with Crippen molar-refractivity contribution in [2.45, 2.75) is 6.92 Å². The predicted molar refractivity (Wildman–Crippen MR) is 84.0 cm³/mol. The first-order valence-corrected chi connectivity index (χ1v) is 7.64. The normalized spacial score (nSPS) is 14.3. The minimum absolute atomic E-state index is 0.0485. The van der Waals surface area contributed by atoms with Crippen LogP contribution in [0.4, 0.5) is 4.79 Å². The maximum atomic E-state index is 12.1. The lowest BCUT2D eigenvalue weighted by molar-refractivity contribution is -0.131. The number of nitrogens with one attached hydrogen (secondary N) is 1. The first kappa shape index (κ1) is 16.8. The molecule has 0 bridgehead atoms. The molecule has 23 heavy (non-hydrogen) atoms. The molecule has 0 saturated carbocycles. The highest BCUT2D eigenvalue weighted by atomic mass is 16.6. The van der Waals surface area contributed by atoms with E-state index in [1.54, 1.807) is 41.0 Å². The summed E-state index contributed by atoms with van der Waals surface area (Å²) in [6.07, 6.45) is -0.350. The van der Waals surface area contributed by atoms with Gasteiger partial charge >= 0.3 is 6.09 Å². The molecule has 3 amide bonds. The summed E-state index contributed by atoms with van der Waals surface area (Å²) in [5, 5.41) is 2.61. The van der Waals surface area contributed by atoms with E-state index in [4.69, 9.17) is 4.74 Å². The maximum absolute atomic E-state index is 12.1. The number of benzene rings is 1. The molecule has 7 nitrogen and oxygen atoms in total. The van der Waals surface area contributed by atoms with Gasteiger partial charge in [-0.15, -0.1) is 0 Å². The second-order valence-corrected chi connectivity index (χ2v) is 5.12. The minimum atomic E-state index is -0.350. The summed E-state index contributed by atoms with van der Waals surface area (Å²) in [7, 11) is 0. The van der Waals surface area contributed by atoms with Crippen LogP contribution in [0.3, 0.4) is 0 Å². The van der Waals surface area contributed by atoms with Crippen molar-refractivity contribution in [3.05, 3.63) is 35.9 Å². The zero-order valence-corrected chi connectivity index (χ0v) is 13.2. The standard InChI is InChI=1S/C16H21N3O4/c1-2-23-16(22)19-10-8-18(9-11-19)14(20)12-17-15(21)13-6-4-3-5-7-13/h3-7H,2,8-12H2,1H3,(H,17,21). The van der Waals surface area contributed by atoms with Gasteiger partial charge in [-0.25, -0.2) is 4.79 Å². The largest absolute Gasteiger partial charge is 0.450 e. The first-order valence-electron chi connectivity index (χ1n) is 7.64. The molecule has 1 aliphatic rings. The van der Waals surface area contributed by atoms with Crippen molar-refractivity contribution in [1.29, 1.82) is 0 Å². The third-order valence-electron chi connectivity index (χ3n) is 3.59. The molecule has 0 aliphatic carbocycles. The quantitative estimate of drug-likeness (QED) is 0.887. The van der Waals surface area contributed by atoms with E-state index in [0.29, 0.717) is 38.3 Å².